The van der Waals surface area contributed by atoms with Crippen LogP contribution in [0.25, 0.3) is 0 Å². The van der Waals surface area contributed by atoms with Crippen LogP contribution in [0, 0.1) is 13.8 Å². The third-order valence-corrected chi connectivity index (χ3v) is 5.28. The van der Waals surface area contributed by atoms with E-state index in [4.69, 9.17) is 16.6 Å². The fraction of sp³-hybridized carbons (Fsp3) is 0.450. The normalized spacial score (nSPS) is 14.6. The highest BCUT2D eigenvalue weighted by Gasteiger charge is 2.21. The van der Waals surface area contributed by atoms with Crippen LogP contribution in [0.4, 0.5) is 5.69 Å². The van der Waals surface area contributed by atoms with Gasteiger partial charge in [-0.3, -0.25) is 0 Å². The lowest BCUT2D eigenvalue weighted by Gasteiger charge is -2.38. The first-order chi connectivity index (χ1) is 13.5. The van der Waals surface area contributed by atoms with E-state index in [2.05, 4.69) is 44.9 Å². The van der Waals surface area contributed by atoms with Crippen LogP contribution < -0.4 is 10.2 Å². The van der Waals surface area contributed by atoms with Crippen LogP contribution >= 0.6 is 35.6 Å². The highest BCUT2D eigenvalue weighted by atomic mass is 127. The summed E-state index contributed by atoms with van der Waals surface area (Å²) in [6.45, 7) is 12.6. The molecule has 0 unspecified atom stereocenters. The monoisotopic (exact) mass is 529 g/mol. The van der Waals surface area contributed by atoms with E-state index in [1.807, 2.05) is 36.7 Å². The highest BCUT2D eigenvalue weighted by Crippen LogP contribution is 2.25. The molecule has 29 heavy (non-hydrogen) atoms. The molecule has 7 nitrogen and oxygen atoms in total. The SMILES string of the molecule is C=CCNC(=NCc1nnc(C)n1C)N1CCN(c2cc(Cl)ccc2C)CC1.I. The van der Waals surface area contributed by atoms with E-state index in [0.29, 0.717) is 13.1 Å². The van der Waals surface area contributed by atoms with Gasteiger partial charge in [0.15, 0.2) is 11.8 Å². The molecular weight excluding hydrogens is 501 g/mol. The number of aromatic nitrogens is 3. The fourth-order valence-electron chi connectivity index (χ4n) is 3.25. The molecule has 0 atom stereocenters. The Hall–Kier alpha value is -1.81. The van der Waals surface area contributed by atoms with Gasteiger partial charge in [-0.15, -0.1) is 40.8 Å². The maximum Gasteiger partial charge on any atom is 0.194 e. The zero-order valence-electron chi connectivity index (χ0n) is 17.2. The topological polar surface area (TPSA) is 61.6 Å². The zero-order chi connectivity index (χ0) is 20.1. The number of aliphatic imine (C=N–C) groups is 1. The molecule has 9 heteroatoms. The number of anilines is 1. The molecule has 1 aromatic heterocycles. The Morgan fingerprint density at radius 3 is 2.59 bits per heavy atom. The van der Waals surface area contributed by atoms with Crippen LogP contribution in [0.5, 0.6) is 0 Å². The van der Waals surface area contributed by atoms with E-state index in [1.54, 1.807) is 0 Å². The summed E-state index contributed by atoms with van der Waals surface area (Å²) in [5.41, 5.74) is 2.45. The van der Waals surface area contributed by atoms with Crippen LogP contribution in [0.2, 0.25) is 5.02 Å². The molecule has 1 aliphatic heterocycles. The molecule has 0 aliphatic carbocycles. The van der Waals surface area contributed by atoms with Gasteiger partial charge in [-0.25, -0.2) is 4.99 Å². The summed E-state index contributed by atoms with van der Waals surface area (Å²) in [4.78, 5) is 9.44. The quantitative estimate of drug-likeness (QED) is 0.279. The van der Waals surface area contributed by atoms with Gasteiger partial charge < -0.3 is 19.7 Å². The maximum absolute atomic E-state index is 6.20. The van der Waals surface area contributed by atoms with Gasteiger partial charge in [0.25, 0.3) is 0 Å². The molecule has 0 spiro atoms. The third kappa shape index (κ3) is 5.85. The Balaban J connectivity index is 0.00000300. The summed E-state index contributed by atoms with van der Waals surface area (Å²) in [6.07, 6.45) is 1.84. The Morgan fingerprint density at radius 1 is 1.24 bits per heavy atom. The molecule has 3 rings (SSSR count). The maximum atomic E-state index is 6.20. The van der Waals surface area contributed by atoms with Gasteiger partial charge in [0.2, 0.25) is 0 Å². The number of aryl methyl sites for hydroxylation is 2. The van der Waals surface area contributed by atoms with Crippen molar-refractivity contribution in [2.45, 2.75) is 20.4 Å². The predicted octanol–water partition coefficient (Wildman–Crippen LogP) is 3.16. The summed E-state index contributed by atoms with van der Waals surface area (Å²) in [5, 5.41) is 12.5. The molecule has 0 radical (unpaired) electrons. The van der Waals surface area contributed by atoms with Crippen LogP contribution in [0.3, 0.4) is 0 Å². The first kappa shape index (κ1) is 23.5. The van der Waals surface area contributed by atoms with E-state index in [9.17, 15) is 0 Å². The number of hydrogen-bond acceptors (Lipinski definition) is 4. The molecule has 158 valence electrons. The summed E-state index contributed by atoms with van der Waals surface area (Å²) in [7, 11) is 1.96. The highest BCUT2D eigenvalue weighted by molar-refractivity contribution is 14.0. The second-order valence-corrected chi connectivity index (χ2v) is 7.37. The molecule has 1 aromatic carbocycles. The Labute approximate surface area is 194 Å². The van der Waals surface area contributed by atoms with Crippen LogP contribution in [-0.4, -0.2) is 58.3 Å². The number of nitrogens with zero attached hydrogens (tertiary/aromatic N) is 6. The minimum atomic E-state index is 0. The van der Waals surface area contributed by atoms with E-state index in [-0.39, 0.29) is 24.0 Å². The summed E-state index contributed by atoms with van der Waals surface area (Å²) < 4.78 is 1.97. The molecule has 1 N–H and O–H groups in total. The van der Waals surface area contributed by atoms with Crippen LogP contribution in [0.15, 0.2) is 35.8 Å². The summed E-state index contributed by atoms with van der Waals surface area (Å²) >= 11 is 6.20. The minimum Gasteiger partial charge on any atom is -0.368 e. The lowest BCUT2D eigenvalue weighted by Crippen LogP contribution is -2.52. The van der Waals surface area contributed by atoms with Gasteiger partial charge in [-0.2, -0.15) is 0 Å². The first-order valence-corrected chi connectivity index (χ1v) is 9.87. The minimum absolute atomic E-state index is 0. The molecule has 2 aromatic rings. The van der Waals surface area contributed by atoms with Gasteiger partial charge in [0.05, 0.1) is 0 Å². The van der Waals surface area contributed by atoms with Gasteiger partial charge in [-0.1, -0.05) is 23.7 Å². The Bertz CT molecular complexity index is 857. The first-order valence-electron chi connectivity index (χ1n) is 9.49. The smallest absolute Gasteiger partial charge is 0.194 e. The standard InChI is InChI=1S/C20H28ClN7.HI/c1-5-8-22-20(23-14-19-25-24-16(3)26(19)4)28-11-9-27(10-12-28)18-13-17(21)7-6-15(18)2;/h5-7,13H,1,8-12,14H2,2-4H3,(H,22,23);1H. The molecule has 0 amide bonds. The molecule has 1 saturated heterocycles. The number of nitrogens with one attached hydrogen (secondary N) is 1. The second-order valence-electron chi connectivity index (χ2n) is 6.94. The molecule has 1 aliphatic rings. The van der Waals surface area contributed by atoms with Crippen molar-refractivity contribution in [3.05, 3.63) is 53.1 Å². The van der Waals surface area contributed by atoms with E-state index >= 15 is 0 Å². The van der Waals surface area contributed by atoms with Crippen molar-refractivity contribution in [2.24, 2.45) is 12.0 Å². The third-order valence-electron chi connectivity index (χ3n) is 5.05. The zero-order valence-corrected chi connectivity index (χ0v) is 20.3. The van der Waals surface area contributed by atoms with Gasteiger partial charge >= 0.3 is 0 Å². The van der Waals surface area contributed by atoms with Crippen molar-refractivity contribution < 1.29 is 0 Å². The predicted molar refractivity (Wildman–Crippen MR) is 130 cm³/mol. The molecule has 0 bridgehead atoms. The van der Waals surface area contributed by atoms with Gasteiger partial charge in [0, 0.05) is 50.5 Å². The lowest BCUT2D eigenvalue weighted by molar-refractivity contribution is 0.373. The van der Waals surface area contributed by atoms with Crippen molar-refractivity contribution in [1.82, 2.24) is 25.0 Å². The lowest BCUT2D eigenvalue weighted by atomic mass is 10.1. The van der Waals surface area contributed by atoms with Crippen molar-refractivity contribution in [3.8, 4) is 0 Å². The van der Waals surface area contributed by atoms with Gasteiger partial charge in [0.1, 0.15) is 12.4 Å². The molecule has 1 fully saturated rings. The average Bonchev–Trinajstić information content (AvgIpc) is 3.02. The van der Waals surface area contributed by atoms with Crippen LogP contribution in [-0.2, 0) is 13.6 Å². The largest absolute Gasteiger partial charge is 0.368 e. The number of halogens is 2. The van der Waals surface area contributed by atoms with Crippen molar-refractivity contribution >= 4 is 47.2 Å². The molecular formula is C20H29ClIN7. The number of hydrogen-bond donors (Lipinski definition) is 1. The number of piperazine rings is 1. The van der Waals surface area contributed by atoms with Crippen molar-refractivity contribution in [2.75, 3.05) is 37.6 Å². The molecule has 0 saturated carbocycles. The summed E-state index contributed by atoms with van der Waals surface area (Å²) in [6, 6.07) is 6.06. The molecule has 2 heterocycles. The number of guanidine groups is 1. The van der Waals surface area contributed by atoms with E-state index < -0.39 is 0 Å². The summed E-state index contributed by atoms with van der Waals surface area (Å²) in [5.74, 6) is 2.61. The Kier molecular flexibility index (Phi) is 8.76. The van der Waals surface area contributed by atoms with Crippen LogP contribution in [0.1, 0.15) is 17.2 Å². The van der Waals surface area contributed by atoms with E-state index in [1.165, 1.54) is 11.3 Å². The van der Waals surface area contributed by atoms with E-state index in [0.717, 1.165) is 48.8 Å². The Morgan fingerprint density at radius 2 is 1.97 bits per heavy atom. The second kappa shape index (κ2) is 10.8. The fourth-order valence-corrected chi connectivity index (χ4v) is 3.41. The average molecular weight is 530 g/mol. The van der Waals surface area contributed by atoms with Crippen molar-refractivity contribution in [1.29, 1.82) is 0 Å². The van der Waals surface area contributed by atoms with Gasteiger partial charge in [-0.05, 0) is 31.5 Å². The van der Waals surface area contributed by atoms with Crippen molar-refractivity contribution in [3.63, 3.8) is 0 Å². The number of rotatable bonds is 5. The number of benzene rings is 1.